The Bertz CT molecular complexity index is 633. The smallest absolute Gasteiger partial charge is 0.249 e. The monoisotopic (exact) mass is 382 g/mol. The third kappa shape index (κ3) is 4.62. The van der Waals surface area contributed by atoms with Crippen molar-refractivity contribution in [1.82, 2.24) is 10.4 Å². The van der Waals surface area contributed by atoms with E-state index in [1.54, 1.807) is 19.3 Å². The van der Waals surface area contributed by atoms with Crippen LogP contribution in [0.25, 0.3) is 0 Å². The number of rotatable bonds is 7. The van der Waals surface area contributed by atoms with Gasteiger partial charge in [-0.1, -0.05) is 39.0 Å². The minimum Gasteiger partial charge on any atom is -0.771 e. The molecule has 1 amide bonds. The average molecular weight is 383 g/mol. The van der Waals surface area contributed by atoms with Crippen LogP contribution in [-0.2, 0) is 22.3 Å². The first-order chi connectivity index (χ1) is 12.4. The zero-order chi connectivity index (χ0) is 19.3. The van der Waals surface area contributed by atoms with Crippen LogP contribution < -0.4 is 10.4 Å². The number of piperazine rings is 1. The van der Waals surface area contributed by atoms with Crippen molar-refractivity contribution in [3.8, 4) is 0 Å². The maximum atomic E-state index is 12.0. The number of carbonyl (C=O) groups excluding carboxylic acids is 1. The molecule has 3 atom stereocenters. The second-order valence-electron chi connectivity index (χ2n) is 6.90. The second-order valence-corrected chi connectivity index (χ2v) is 7.91. The summed E-state index contributed by atoms with van der Waals surface area (Å²) in [6, 6.07) is 8.23. The van der Waals surface area contributed by atoms with Gasteiger partial charge in [0.1, 0.15) is 0 Å². The minimum atomic E-state index is -2.45. The number of benzene rings is 1. The molecule has 1 aliphatic rings. The van der Waals surface area contributed by atoms with Crippen molar-refractivity contribution in [3.63, 3.8) is 0 Å². The van der Waals surface area contributed by atoms with Crippen LogP contribution in [0.2, 0.25) is 0 Å². The normalized spacial score (nSPS) is 19.2. The number of nitrogens with zero attached hydrogens (tertiary/aromatic N) is 2. The maximum absolute atomic E-state index is 12.0. The SMILES string of the molecule is CCc1ccccc1N1CCN(C(C(C(=O)NO)C(C)C)S(=O)[O-])CC1. The van der Waals surface area contributed by atoms with E-state index in [0.717, 1.165) is 6.42 Å². The Morgan fingerprint density at radius 3 is 2.38 bits per heavy atom. The fraction of sp³-hybridized carbons (Fsp3) is 0.611. The van der Waals surface area contributed by atoms with Gasteiger partial charge < -0.3 is 9.45 Å². The van der Waals surface area contributed by atoms with Crippen LogP contribution in [0.5, 0.6) is 0 Å². The van der Waals surface area contributed by atoms with Gasteiger partial charge in [-0.05, 0) is 35.0 Å². The highest BCUT2D eigenvalue weighted by Crippen LogP contribution is 2.27. The first-order valence-corrected chi connectivity index (χ1v) is 10.1. The van der Waals surface area contributed by atoms with E-state index < -0.39 is 28.3 Å². The summed E-state index contributed by atoms with van der Waals surface area (Å²) in [6.45, 7) is 8.15. The average Bonchev–Trinajstić information content (AvgIpc) is 2.65. The van der Waals surface area contributed by atoms with Crippen molar-refractivity contribution in [2.75, 3.05) is 31.1 Å². The van der Waals surface area contributed by atoms with Crippen LogP contribution in [0, 0.1) is 11.8 Å². The molecule has 1 fully saturated rings. The molecule has 1 heterocycles. The predicted octanol–water partition coefficient (Wildman–Crippen LogP) is 1.35. The zero-order valence-corrected chi connectivity index (χ0v) is 16.4. The van der Waals surface area contributed by atoms with Crippen molar-refractivity contribution in [2.24, 2.45) is 11.8 Å². The summed E-state index contributed by atoms with van der Waals surface area (Å²) in [6.07, 6.45) is 0.940. The molecule has 1 saturated heterocycles. The quantitative estimate of drug-likeness (QED) is 0.420. The molecular weight excluding hydrogens is 354 g/mol. The lowest BCUT2D eigenvalue weighted by atomic mass is 9.93. The Hall–Kier alpha value is -1.48. The number of aryl methyl sites for hydroxylation is 1. The van der Waals surface area contributed by atoms with E-state index in [-0.39, 0.29) is 5.92 Å². The second kappa shape index (κ2) is 9.45. The summed E-state index contributed by atoms with van der Waals surface area (Å²) in [5.74, 6) is -1.70. The molecule has 0 bridgehead atoms. The highest BCUT2D eigenvalue weighted by Gasteiger charge is 2.37. The van der Waals surface area contributed by atoms with Gasteiger partial charge in [-0.15, -0.1) is 0 Å². The van der Waals surface area contributed by atoms with Gasteiger partial charge in [-0.3, -0.25) is 19.1 Å². The Labute approximate surface area is 157 Å². The molecule has 1 aliphatic heterocycles. The van der Waals surface area contributed by atoms with E-state index in [0.29, 0.717) is 26.2 Å². The van der Waals surface area contributed by atoms with E-state index in [1.165, 1.54) is 11.3 Å². The first kappa shape index (κ1) is 20.8. The maximum Gasteiger partial charge on any atom is 0.249 e. The molecular formula is C18H28N3O4S-. The highest BCUT2D eigenvalue weighted by atomic mass is 32.2. The number of hydrogen-bond acceptors (Lipinski definition) is 6. The van der Waals surface area contributed by atoms with Gasteiger partial charge in [0.2, 0.25) is 5.91 Å². The number of carbonyl (C=O) groups is 1. The molecule has 0 saturated carbocycles. The summed E-state index contributed by atoms with van der Waals surface area (Å²) in [5.41, 5.74) is 4.07. The number of amides is 1. The number of hydroxylamine groups is 1. The summed E-state index contributed by atoms with van der Waals surface area (Å²) in [5, 5.41) is 8.05. The Morgan fingerprint density at radius 1 is 1.27 bits per heavy atom. The van der Waals surface area contributed by atoms with Gasteiger partial charge in [0.25, 0.3) is 0 Å². The number of nitrogens with one attached hydrogen (secondary N) is 1. The third-order valence-electron chi connectivity index (χ3n) is 5.02. The van der Waals surface area contributed by atoms with E-state index in [2.05, 4.69) is 24.0 Å². The Balaban J connectivity index is 2.15. The van der Waals surface area contributed by atoms with Gasteiger partial charge in [0.05, 0.1) is 11.3 Å². The van der Waals surface area contributed by atoms with Crippen molar-refractivity contribution in [3.05, 3.63) is 29.8 Å². The summed E-state index contributed by atoms with van der Waals surface area (Å²) in [4.78, 5) is 16.1. The van der Waals surface area contributed by atoms with Gasteiger partial charge in [-0.25, -0.2) is 5.48 Å². The lowest BCUT2D eigenvalue weighted by molar-refractivity contribution is -0.136. The molecule has 8 heteroatoms. The van der Waals surface area contributed by atoms with Crippen LogP contribution in [0.15, 0.2) is 24.3 Å². The molecule has 7 nitrogen and oxygen atoms in total. The van der Waals surface area contributed by atoms with Crippen LogP contribution in [-0.4, -0.2) is 56.3 Å². The standard InChI is InChI=1S/C18H29N3O4S/c1-4-14-7-5-6-8-15(14)20-9-11-21(12-10-20)18(26(24)25)16(13(2)3)17(22)19-23/h5-8,13,16,18,23H,4,9-12H2,1-3H3,(H,19,22)(H,24,25)/p-1. The summed E-state index contributed by atoms with van der Waals surface area (Å²) in [7, 11) is 0. The molecule has 2 rings (SSSR count). The zero-order valence-electron chi connectivity index (χ0n) is 15.6. The van der Waals surface area contributed by atoms with Gasteiger partial charge in [0, 0.05) is 31.9 Å². The largest absolute Gasteiger partial charge is 0.771 e. The summed E-state index contributed by atoms with van der Waals surface area (Å²) < 4.78 is 23.8. The van der Waals surface area contributed by atoms with E-state index in [4.69, 9.17) is 5.21 Å². The van der Waals surface area contributed by atoms with Crippen LogP contribution in [0.1, 0.15) is 26.3 Å². The molecule has 0 radical (unpaired) electrons. The molecule has 1 aromatic carbocycles. The van der Waals surface area contributed by atoms with Gasteiger partial charge in [-0.2, -0.15) is 0 Å². The van der Waals surface area contributed by atoms with Crippen LogP contribution >= 0.6 is 0 Å². The van der Waals surface area contributed by atoms with Crippen molar-refractivity contribution >= 4 is 22.7 Å². The fourth-order valence-electron chi connectivity index (χ4n) is 3.64. The highest BCUT2D eigenvalue weighted by molar-refractivity contribution is 7.79. The summed E-state index contributed by atoms with van der Waals surface area (Å²) >= 11 is -2.45. The van der Waals surface area contributed by atoms with Crippen LogP contribution in [0.3, 0.4) is 0 Å². The van der Waals surface area contributed by atoms with Crippen molar-refractivity contribution < 1.29 is 18.8 Å². The van der Waals surface area contributed by atoms with Crippen molar-refractivity contribution in [2.45, 2.75) is 32.6 Å². The molecule has 2 N–H and O–H groups in total. The Kier molecular flexibility index (Phi) is 7.57. The fourth-order valence-corrected chi connectivity index (χ4v) is 4.77. The number of para-hydroxylation sites is 1. The van der Waals surface area contributed by atoms with Gasteiger partial charge >= 0.3 is 0 Å². The van der Waals surface area contributed by atoms with E-state index in [9.17, 15) is 13.6 Å². The predicted molar refractivity (Wildman–Crippen MR) is 101 cm³/mol. The van der Waals surface area contributed by atoms with E-state index >= 15 is 0 Å². The molecule has 3 unspecified atom stereocenters. The third-order valence-corrected chi connectivity index (χ3v) is 6.01. The van der Waals surface area contributed by atoms with Crippen LogP contribution in [0.4, 0.5) is 5.69 Å². The molecule has 146 valence electrons. The lowest BCUT2D eigenvalue weighted by Crippen LogP contribution is -2.57. The Morgan fingerprint density at radius 2 is 1.88 bits per heavy atom. The van der Waals surface area contributed by atoms with Crippen molar-refractivity contribution in [1.29, 1.82) is 0 Å². The molecule has 0 spiro atoms. The number of hydrogen-bond donors (Lipinski definition) is 2. The minimum absolute atomic E-state index is 0.219. The first-order valence-electron chi connectivity index (χ1n) is 8.99. The molecule has 0 aliphatic carbocycles. The topological polar surface area (TPSA) is 95.9 Å². The van der Waals surface area contributed by atoms with E-state index in [1.807, 2.05) is 17.0 Å². The molecule has 1 aromatic rings. The van der Waals surface area contributed by atoms with Gasteiger partial charge in [0.15, 0.2) is 0 Å². The molecule has 0 aromatic heterocycles. The number of anilines is 1. The lowest BCUT2D eigenvalue weighted by Gasteiger charge is -2.44. The molecule has 26 heavy (non-hydrogen) atoms.